The van der Waals surface area contributed by atoms with E-state index in [0.717, 1.165) is 23.4 Å². The van der Waals surface area contributed by atoms with Gasteiger partial charge in [0.05, 0.1) is 10.6 Å². The van der Waals surface area contributed by atoms with E-state index in [4.69, 9.17) is 0 Å². The highest BCUT2D eigenvalue weighted by molar-refractivity contribution is 7.70. The quantitative estimate of drug-likeness (QED) is 0.826. The number of aromatic amines is 1. The molecule has 2 N–H and O–H groups in total. The molecule has 0 aromatic carbocycles. The molecule has 0 fully saturated rings. The van der Waals surface area contributed by atoms with Crippen LogP contribution in [-0.4, -0.2) is 10.9 Å². The molecule has 86 valence electrons. The van der Waals surface area contributed by atoms with Crippen molar-refractivity contribution in [3.8, 4) is 10.6 Å². The number of H-pyrrole nitrogens is 1. The zero-order valence-electron chi connectivity index (χ0n) is 8.83. The summed E-state index contributed by atoms with van der Waals surface area (Å²) in [4.78, 5) is 26.6. The summed E-state index contributed by atoms with van der Waals surface area (Å²) in [6, 6.07) is 0. The Morgan fingerprint density at radius 1 is 1.56 bits per heavy atom. The number of amides is 1. The van der Waals surface area contributed by atoms with Gasteiger partial charge in [-0.1, -0.05) is 34.0 Å². The van der Waals surface area contributed by atoms with Crippen molar-refractivity contribution in [3.63, 3.8) is 0 Å². The van der Waals surface area contributed by atoms with E-state index in [1.54, 1.807) is 10.3 Å². The Labute approximate surface area is 100 Å². The molecule has 2 aliphatic heterocycles. The Bertz CT molecular complexity index is 511. The number of anilines is 1. The predicted octanol–water partition coefficient (Wildman–Crippen LogP) is 2.73. The topological polar surface area (TPSA) is 62.0 Å². The number of rotatable bonds is 4. The number of fused-ring (bicyclic) bond motifs is 1. The lowest BCUT2D eigenvalue weighted by Crippen LogP contribution is -2.16. The van der Waals surface area contributed by atoms with E-state index in [9.17, 15) is 9.59 Å². The Hall–Kier alpha value is -1.14. The fourth-order valence-electron chi connectivity index (χ4n) is 1.42. The second-order valence-electron chi connectivity index (χ2n) is 3.52. The molecule has 4 nitrogen and oxygen atoms in total. The molecule has 0 bridgehead atoms. The fourth-order valence-corrected chi connectivity index (χ4v) is 3.58. The molecule has 0 radical (unpaired) electrons. The standard InChI is InChI=1S/C10H12N2O2S2/c1-2-3-4-7(13)12-8-9-6(5-15-16-9)11-10(8)14/h5H,2-4H2,1H3,(H,11,14)(H,12,13). The predicted molar refractivity (Wildman–Crippen MR) is 67.6 cm³/mol. The highest BCUT2D eigenvalue weighted by atomic mass is 32.9. The summed E-state index contributed by atoms with van der Waals surface area (Å²) in [7, 11) is 3.04. The second kappa shape index (κ2) is 4.80. The molecule has 0 unspecified atom stereocenters. The van der Waals surface area contributed by atoms with Crippen LogP contribution in [0.4, 0.5) is 5.69 Å². The number of hydrogen-bond donors (Lipinski definition) is 2. The lowest BCUT2D eigenvalue weighted by atomic mass is 10.2. The summed E-state index contributed by atoms with van der Waals surface area (Å²) in [5.74, 6) is -0.0850. The first-order valence-electron chi connectivity index (χ1n) is 5.11. The van der Waals surface area contributed by atoms with E-state index in [-0.39, 0.29) is 11.5 Å². The zero-order valence-corrected chi connectivity index (χ0v) is 10.5. The van der Waals surface area contributed by atoms with Crippen LogP contribution in [0.5, 0.6) is 0 Å². The fraction of sp³-hybridized carbons (Fsp3) is 0.400. The lowest BCUT2D eigenvalue weighted by molar-refractivity contribution is -0.116. The van der Waals surface area contributed by atoms with Crippen molar-refractivity contribution in [3.05, 3.63) is 15.7 Å². The zero-order chi connectivity index (χ0) is 11.5. The summed E-state index contributed by atoms with van der Waals surface area (Å²) in [6.45, 7) is 2.03. The van der Waals surface area contributed by atoms with Crippen molar-refractivity contribution < 1.29 is 4.79 Å². The third kappa shape index (κ3) is 2.17. The highest BCUT2D eigenvalue weighted by Crippen LogP contribution is 2.35. The second-order valence-corrected chi connectivity index (χ2v) is 5.60. The summed E-state index contributed by atoms with van der Waals surface area (Å²) < 4.78 is 0. The minimum Gasteiger partial charge on any atom is -0.320 e. The highest BCUT2D eigenvalue weighted by Gasteiger charge is 2.18. The molecule has 0 atom stereocenters. The van der Waals surface area contributed by atoms with Crippen LogP contribution < -0.4 is 10.9 Å². The summed E-state index contributed by atoms with van der Waals surface area (Å²) in [6.07, 6.45) is 2.29. The van der Waals surface area contributed by atoms with Gasteiger partial charge in [0.1, 0.15) is 5.69 Å². The van der Waals surface area contributed by atoms with Crippen LogP contribution in [0.15, 0.2) is 10.2 Å². The first kappa shape index (κ1) is 11.3. The normalized spacial score (nSPS) is 10.8. The van der Waals surface area contributed by atoms with Crippen LogP contribution in [0.1, 0.15) is 26.2 Å². The van der Waals surface area contributed by atoms with Gasteiger partial charge in [0, 0.05) is 11.8 Å². The number of carbonyl (C=O) groups is 1. The minimum absolute atomic E-state index is 0.0850. The van der Waals surface area contributed by atoms with Crippen molar-refractivity contribution in [2.75, 3.05) is 5.32 Å². The molecule has 0 aliphatic carbocycles. The van der Waals surface area contributed by atoms with Gasteiger partial charge >= 0.3 is 0 Å². The van der Waals surface area contributed by atoms with Gasteiger partial charge in [-0.05, 0) is 6.42 Å². The van der Waals surface area contributed by atoms with Crippen molar-refractivity contribution in [2.45, 2.75) is 26.2 Å². The Kier molecular flexibility index (Phi) is 3.40. The molecule has 1 amide bonds. The monoisotopic (exact) mass is 256 g/mol. The number of unbranched alkanes of at least 4 members (excludes halogenated alkanes) is 1. The maximum absolute atomic E-state index is 11.6. The molecule has 0 aromatic rings. The van der Waals surface area contributed by atoms with Crippen LogP contribution in [0.2, 0.25) is 0 Å². The number of hydrogen-bond acceptors (Lipinski definition) is 4. The van der Waals surface area contributed by atoms with Gasteiger partial charge in [0.2, 0.25) is 5.91 Å². The van der Waals surface area contributed by atoms with Gasteiger partial charge in [-0.15, -0.1) is 0 Å². The maximum atomic E-state index is 11.6. The summed E-state index contributed by atoms with van der Waals surface area (Å²) in [5.41, 5.74) is 1.01. The average molecular weight is 256 g/mol. The molecular formula is C10H12N2O2S2. The van der Waals surface area contributed by atoms with E-state index >= 15 is 0 Å². The van der Waals surface area contributed by atoms with Crippen LogP contribution in [0.25, 0.3) is 10.6 Å². The van der Waals surface area contributed by atoms with E-state index in [0.29, 0.717) is 12.1 Å². The maximum Gasteiger partial charge on any atom is 0.273 e. The molecule has 2 heterocycles. The van der Waals surface area contributed by atoms with E-state index in [2.05, 4.69) is 10.3 Å². The Morgan fingerprint density at radius 2 is 2.38 bits per heavy atom. The summed E-state index contributed by atoms with van der Waals surface area (Å²) >= 11 is 0. The van der Waals surface area contributed by atoms with Crippen molar-refractivity contribution in [1.29, 1.82) is 0 Å². The van der Waals surface area contributed by atoms with Crippen molar-refractivity contribution in [2.24, 2.45) is 0 Å². The first-order chi connectivity index (χ1) is 7.72. The third-order valence-electron chi connectivity index (χ3n) is 2.27. The Balaban J connectivity index is 2.15. The smallest absolute Gasteiger partial charge is 0.273 e. The van der Waals surface area contributed by atoms with E-state index in [1.807, 2.05) is 12.3 Å². The van der Waals surface area contributed by atoms with E-state index in [1.165, 1.54) is 10.3 Å². The van der Waals surface area contributed by atoms with Crippen molar-refractivity contribution >= 4 is 32.3 Å². The number of nitrogens with one attached hydrogen (secondary N) is 2. The number of carbonyl (C=O) groups excluding carboxylic acids is 1. The summed E-state index contributed by atoms with van der Waals surface area (Å²) in [5, 5.41) is 4.57. The first-order valence-corrected chi connectivity index (χ1v) is 7.33. The molecular weight excluding hydrogens is 244 g/mol. The largest absolute Gasteiger partial charge is 0.320 e. The molecule has 0 spiro atoms. The Morgan fingerprint density at radius 3 is 3.12 bits per heavy atom. The molecule has 0 saturated heterocycles. The van der Waals surface area contributed by atoms with Crippen LogP contribution in [0.3, 0.4) is 0 Å². The molecule has 16 heavy (non-hydrogen) atoms. The van der Waals surface area contributed by atoms with Crippen molar-refractivity contribution in [1.82, 2.24) is 4.98 Å². The number of aromatic nitrogens is 1. The minimum atomic E-state index is -0.209. The van der Waals surface area contributed by atoms with Gasteiger partial charge < -0.3 is 10.3 Å². The molecule has 2 rings (SSSR count). The third-order valence-corrected chi connectivity index (χ3v) is 4.36. The van der Waals surface area contributed by atoms with Gasteiger partial charge in [-0.2, -0.15) is 0 Å². The van der Waals surface area contributed by atoms with Gasteiger partial charge in [0.25, 0.3) is 5.56 Å². The molecule has 0 aromatic heterocycles. The molecule has 2 aliphatic rings. The molecule has 6 heteroatoms. The van der Waals surface area contributed by atoms with Gasteiger partial charge in [0.15, 0.2) is 0 Å². The van der Waals surface area contributed by atoms with Crippen LogP contribution >= 0.6 is 20.7 Å². The SMILES string of the molecule is CCCCC(=O)Nc1c2sscc-2[nH]c1=O. The van der Waals surface area contributed by atoms with Gasteiger partial charge in [-0.25, -0.2) is 0 Å². The molecule has 0 saturated carbocycles. The van der Waals surface area contributed by atoms with Gasteiger partial charge in [-0.3, -0.25) is 9.59 Å². The average Bonchev–Trinajstić information content (AvgIpc) is 2.79. The van der Waals surface area contributed by atoms with Crippen LogP contribution in [-0.2, 0) is 4.79 Å². The van der Waals surface area contributed by atoms with E-state index < -0.39 is 0 Å². The lowest BCUT2D eigenvalue weighted by Gasteiger charge is -2.01. The van der Waals surface area contributed by atoms with Crippen LogP contribution in [0, 0.1) is 0 Å².